The molecule has 20 heavy (non-hydrogen) atoms. The molecule has 2 rings (SSSR count). The topological polar surface area (TPSA) is 52.9 Å². The summed E-state index contributed by atoms with van der Waals surface area (Å²) in [5.41, 5.74) is 2.19. The summed E-state index contributed by atoms with van der Waals surface area (Å²) in [6, 6.07) is 14.7. The Kier molecular flexibility index (Phi) is 4.94. The van der Waals surface area contributed by atoms with Crippen molar-refractivity contribution in [3.8, 4) is 6.07 Å². The normalized spacial score (nSPS) is 9.85. The van der Waals surface area contributed by atoms with E-state index in [2.05, 4.69) is 43.2 Å². The second kappa shape index (κ2) is 6.69. The minimum absolute atomic E-state index is 0.183. The number of benzene rings is 2. The molecular formula is C15H10Br2N2O. The van der Waals surface area contributed by atoms with Gasteiger partial charge in [-0.2, -0.15) is 5.26 Å². The maximum atomic E-state index is 12.1. The summed E-state index contributed by atoms with van der Waals surface area (Å²) in [4.78, 5) is 12.1. The fraction of sp³-hybridized carbons (Fsp3) is 0.0667. The van der Waals surface area contributed by atoms with Crippen LogP contribution < -0.4 is 5.32 Å². The van der Waals surface area contributed by atoms with Crippen molar-refractivity contribution in [2.75, 3.05) is 5.32 Å². The van der Waals surface area contributed by atoms with E-state index in [-0.39, 0.29) is 5.91 Å². The predicted octanol–water partition coefficient (Wildman–Crippen LogP) is 4.53. The average Bonchev–Trinajstić information content (AvgIpc) is 2.41. The van der Waals surface area contributed by atoms with Crippen molar-refractivity contribution in [2.45, 2.75) is 6.42 Å². The van der Waals surface area contributed by atoms with Gasteiger partial charge in [0, 0.05) is 14.6 Å². The number of carbonyl (C=O) groups is 1. The number of anilines is 1. The number of nitrogens with one attached hydrogen (secondary N) is 1. The smallest absolute Gasteiger partial charge is 0.256 e. The molecule has 0 heterocycles. The fourth-order valence-electron chi connectivity index (χ4n) is 1.67. The molecule has 0 aliphatic heterocycles. The molecule has 0 saturated heterocycles. The number of amides is 1. The maximum Gasteiger partial charge on any atom is 0.256 e. The fourth-order valence-corrected chi connectivity index (χ4v) is 2.90. The van der Waals surface area contributed by atoms with Crippen LogP contribution >= 0.6 is 31.9 Å². The van der Waals surface area contributed by atoms with Crippen LogP contribution in [0.3, 0.4) is 0 Å². The van der Waals surface area contributed by atoms with E-state index >= 15 is 0 Å². The maximum absolute atomic E-state index is 12.1. The van der Waals surface area contributed by atoms with E-state index < -0.39 is 0 Å². The van der Waals surface area contributed by atoms with E-state index in [4.69, 9.17) is 5.26 Å². The molecule has 0 spiro atoms. The summed E-state index contributed by atoms with van der Waals surface area (Å²) in [5.74, 6) is -0.183. The number of nitriles is 1. The van der Waals surface area contributed by atoms with Crippen LogP contribution in [0.15, 0.2) is 51.4 Å². The quantitative estimate of drug-likeness (QED) is 0.832. The molecule has 0 saturated carbocycles. The Hall–Kier alpha value is -1.64. The summed E-state index contributed by atoms with van der Waals surface area (Å²) >= 11 is 6.71. The van der Waals surface area contributed by atoms with Gasteiger partial charge in [0.05, 0.1) is 18.1 Å². The van der Waals surface area contributed by atoms with Gasteiger partial charge in [0.1, 0.15) is 0 Å². The van der Waals surface area contributed by atoms with Crippen LogP contribution in [0.4, 0.5) is 5.69 Å². The molecule has 0 fully saturated rings. The third kappa shape index (κ3) is 3.69. The van der Waals surface area contributed by atoms with E-state index in [0.29, 0.717) is 17.7 Å². The van der Waals surface area contributed by atoms with Gasteiger partial charge in [-0.05, 0) is 51.8 Å². The Morgan fingerprint density at radius 3 is 2.45 bits per heavy atom. The molecular weight excluding hydrogens is 384 g/mol. The molecule has 0 bridgehead atoms. The lowest BCUT2D eigenvalue weighted by atomic mass is 10.1. The number of hydrogen-bond donors (Lipinski definition) is 1. The van der Waals surface area contributed by atoms with Crippen molar-refractivity contribution < 1.29 is 4.79 Å². The van der Waals surface area contributed by atoms with Gasteiger partial charge in [0.15, 0.2) is 0 Å². The second-order valence-electron chi connectivity index (χ2n) is 4.11. The van der Waals surface area contributed by atoms with Gasteiger partial charge in [-0.15, -0.1) is 0 Å². The molecule has 0 unspecified atom stereocenters. The van der Waals surface area contributed by atoms with Crippen molar-refractivity contribution in [3.05, 3.63) is 62.5 Å². The zero-order valence-electron chi connectivity index (χ0n) is 10.4. The van der Waals surface area contributed by atoms with Gasteiger partial charge in [0.2, 0.25) is 0 Å². The van der Waals surface area contributed by atoms with Crippen molar-refractivity contribution in [1.29, 1.82) is 5.26 Å². The molecule has 0 aromatic heterocycles. The van der Waals surface area contributed by atoms with Crippen molar-refractivity contribution in [2.24, 2.45) is 0 Å². The molecule has 1 N–H and O–H groups in total. The number of hydrogen-bond acceptors (Lipinski definition) is 2. The second-order valence-corrected chi connectivity index (χ2v) is 5.88. The van der Waals surface area contributed by atoms with Gasteiger partial charge >= 0.3 is 0 Å². The summed E-state index contributed by atoms with van der Waals surface area (Å²) < 4.78 is 1.63. The molecule has 5 heteroatoms. The van der Waals surface area contributed by atoms with Gasteiger partial charge in [-0.1, -0.05) is 28.1 Å². The van der Waals surface area contributed by atoms with Gasteiger partial charge in [0.25, 0.3) is 5.91 Å². The lowest BCUT2D eigenvalue weighted by Gasteiger charge is -2.07. The Balaban J connectivity index is 2.13. The van der Waals surface area contributed by atoms with Crippen LogP contribution in [0.25, 0.3) is 0 Å². The van der Waals surface area contributed by atoms with Crippen LogP contribution in [-0.2, 0) is 6.42 Å². The molecule has 1 amide bonds. The molecule has 0 aliphatic rings. The largest absolute Gasteiger partial charge is 0.322 e. The SMILES string of the molecule is N#CCc1ccc(NC(=O)c2ccc(Br)cc2Br)cc1. The minimum atomic E-state index is -0.183. The summed E-state index contributed by atoms with van der Waals surface area (Å²) in [5, 5.41) is 11.4. The molecule has 0 atom stereocenters. The first kappa shape index (κ1) is 14.8. The first-order valence-corrected chi connectivity index (χ1v) is 7.41. The summed E-state index contributed by atoms with van der Waals surface area (Å²) in [6.07, 6.45) is 0.368. The number of halogens is 2. The third-order valence-electron chi connectivity index (χ3n) is 2.67. The van der Waals surface area contributed by atoms with E-state index in [0.717, 1.165) is 14.5 Å². The monoisotopic (exact) mass is 392 g/mol. The van der Waals surface area contributed by atoms with Crippen molar-refractivity contribution in [1.82, 2.24) is 0 Å². The molecule has 3 nitrogen and oxygen atoms in total. The zero-order valence-corrected chi connectivity index (χ0v) is 13.5. The highest BCUT2D eigenvalue weighted by atomic mass is 79.9. The summed E-state index contributed by atoms with van der Waals surface area (Å²) in [6.45, 7) is 0. The first-order valence-electron chi connectivity index (χ1n) is 5.82. The molecule has 0 aliphatic carbocycles. The van der Waals surface area contributed by atoms with Gasteiger partial charge in [-0.25, -0.2) is 0 Å². The first-order chi connectivity index (χ1) is 9.60. The predicted molar refractivity (Wildman–Crippen MR) is 85.6 cm³/mol. The van der Waals surface area contributed by atoms with Gasteiger partial charge in [-0.3, -0.25) is 4.79 Å². The highest BCUT2D eigenvalue weighted by Gasteiger charge is 2.10. The molecule has 2 aromatic carbocycles. The van der Waals surface area contributed by atoms with Crippen molar-refractivity contribution in [3.63, 3.8) is 0 Å². The summed E-state index contributed by atoms with van der Waals surface area (Å²) in [7, 11) is 0. The molecule has 2 aromatic rings. The van der Waals surface area contributed by atoms with E-state index in [9.17, 15) is 4.79 Å². The Bertz CT molecular complexity index is 675. The molecule has 100 valence electrons. The lowest BCUT2D eigenvalue weighted by molar-refractivity contribution is 0.102. The standard InChI is InChI=1S/C15H10Br2N2O/c16-11-3-6-13(14(17)9-11)15(20)19-12-4-1-10(2-5-12)7-8-18/h1-6,9H,7H2,(H,19,20). The van der Waals surface area contributed by atoms with Gasteiger partial charge < -0.3 is 5.32 Å². The van der Waals surface area contributed by atoms with Crippen LogP contribution in [-0.4, -0.2) is 5.91 Å². The number of rotatable bonds is 3. The van der Waals surface area contributed by atoms with Crippen LogP contribution in [0, 0.1) is 11.3 Å². The molecule has 0 radical (unpaired) electrons. The highest BCUT2D eigenvalue weighted by Crippen LogP contribution is 2.23. The number of carbonyl (C=O) groups excluding carboxylic acids is 1. The Morgan fingerprint density at radius 1 is 1.15 bits per heavy atom. The third-order valence-corrected chi connectivity index (χ3v) is 3.82. The number of nitrogens with zero attached hydrogens (tertiary/aromatic N) is 1. The van der Waals surface area contributed by atoms with Crippen LogP contribution in [0.2, 0.25) is 0 Å². The Morgan fingerprint density at radius 2 is 1.85 bits per heavy atom. The lowest BCUT2D eigenvalue weighted by Crippen LogP contribution is -2.12. The minimum Gasteiger partial charge on any atom is -0.322 e. The van der Waals surface area contributed by atoms with E-state index in [1.165, 1.54) is 0 Å². The van der Waals surface area contributed by atoms with Crippen LogP contribution in [0.5, 0.6) is 0 Å². The average molecular weight is 394 g/mol. The van der Waals surface area contributed by atoms with E-state index in [1.54, 1.807) is 18.2 Å². The zero-order chi connectivity index (χ0) is 14.5. The Labute approximate surface area is 133 Å². The van der Waals surface area contributed by atoms with E-state index in [1.807, 2.05) is 24.3 Å². The van der Waals surface area contributed by atoms with Crippen LogP contribution in [0.1, 0.15) is 15.9 Å². The highest BCUT2D eigenvalue weighted by molar-refractivity contribution is 9.11. The van der Waals surface area contributed by atoms with Crippen molar-refractivity contribution >= 4 is 43.5 Å².